The summed E-state index contributed by atoms with van der Waals surface area (Å²) in [7, 11) is 0. The molecular formula is C20H19N3O3. The second kappa shape index (κ2) is 6.96. The van der Waals surface area contributed by atoms with Crippen LogP contribution in [0.1, 0.15) is 29.5 Å². The summed E-state index contributed by atoms with van der Waals surface area (Å²) in [5.74, 6) is -0.151. The van der Waals surface area contributed by atoms with E-state index in [9.17, 15) is 14.9 Å². The number of rotatable bonds is 4. The van der Waals surface area contributed by atoms with Crippen LogP contribution in [0.4, 0.5) is 5.69 Å². The molecule has 1 fully saturated rings. The largest absolute Gasteiger partial charge is 0.304 e. The quantitative estimate of drug-likeness (QED) is 0.625. The molecule has 0 radical (unpaired) electrons. The fourth-order valence-corrected chi connectivity index (χ4v) is 3.54. The lowest BCUT2D eigenvalue weighted by atomic mass is 9.82. The van der Waals surface area contributed by atoms with Crippen molar-refractivity contribution in [2.45, 2.75) is 31.7 Å². The van der Waals surface area contributed by atoms with E-state index in [1.807, 2.05) is 25.1 Å². The Hall–Kier alpha value is -3.20. The van der Waals surface area contributed by atoms with E-state index >= 15 is 0 Å². The number of hydrogen-bond acceptors (Lipinski definition) is 4. The van der Waals surface area contributed by atoms with Crippen LogP contribution in [0.15, 0.2) is 48.5 Å². The van der Waals surface area contributed by atoms with Gasteiger partial charge in [0.15, 0.2) is 0 Å². The SMILES string of the molecule is Cc1ccc(N2CC(c3ccccc3)([N+](=O)[O-])CCC2=O)c(CC#N)c1. The van der Waals surface area contributed by atoms with Crippen LogP contribution < -0.4 is 4.90 Å². The summed E-state index contributed by atoms with van der Waals surface area (Å²) in [4.78, 5) is 25.8. The van der Waals surface area contributed by atoms with Gasteiger partial charge in [-0.15, -0.1) is 0 Å². The number of aryl methyl sites for hydroxylation is 1. The van der Waals surface area contributed by atoms with E-state index in [-0.39, 0.29) is 36.6 Å². The van der Waals surface area contributed by atoms with Gasteiger partial charge in [0.25, 0.3) is 5.54 Å². The molecule has 1 amide bonds. The minimum atomic E-state index is -1.34. The Balaban J connectivity index is 2.08. The zero-order valence-electron chi connectivity index (χ0n) is 14.5. The standard InChI is InChI=1S/C20H19N3O3/c1-15-7-8-18(16(13-15)10-12-21)22-14-20(23(25)26,11-9-19(22)24)17-5-3-2-4-6-17/h2-8,13H,9-11,14H2,1H3. The van der Waals surface area contributed by atoms with Crippen molar-refractivity contribution in [2.75, 3.05) is 11.4 Å². The van der Waals surface area contributed by atoms with Crippen molar-refractivity contribution in [3.8, 4) is 6.07 Å². The molecule has 6 nitrogen and oxygen atoms in total. The molecule has 6 heteroatoms. The van der Waals surface area contributed by atoms with Crippen molar-refractivity contribution < 1.29 is 9.72 Å². The lowest BCUT2D eigenvalue weighted by Gasteiger charge is -2.37. The Morgan fingerprint density at radius 1 is 1.27 bits per heavy atom. The highest BCUT2D eigenvalue weighted by Gasteiger charge is 2.51. The van der Waals surface area contributed by atoms with Crippen LogP contribution in [0.3, 0.4) is 0 Å². The van der Waals surface area contributed by atoms with Gasteiger partial charge in [0.1, 0.15) is 6.54 Å². The van der Waals surface area contributed by atoms with Gasteiger partial charge in [0.2, 0.25) is 5.91 Å². The van der Waals surface area contributed by atoms with Gasteiger partial charge in [-0.2, -0.15) is 5.26 Å². The topological polar surface area (TPSA) is 87.2 Å². The molecule has 1 atom stereocenters. The summed E-state index contributed by atoms with van der Waals surface area (Å²) >= 11 is 0. The maximum absolute atomic E-state index is 12.6. The smallest absolute Gasteiger partial charge is 0.265 e. The first-order valence-electron chi connectivity index (χ1n) is 8.45. The Bertz CT molecular complexity index is 889. The van der Waals surface area contributed by atoms with Gasteiger partial charge in [-0.25, -0.2) is 0 Å². The number of nitro groups is 1. The average Bonchev–Trinajstić information content (AvgIpc) is 2.64. The van der Waals surface area contributed by atoms with Crippen molar-refractivity contribution in [1.82, 2.24) is 0 Å². The molecular weight excluding hydrogens is 330 g/mol. The molecule has 1 heterocycles. The van der Waals surface area contributed by atoms with Crippen LogP contribution in [0.2, 0.25) is 0 Å². The van der Waals surface area contributed by atoms with Gasteiger partial charge >= 0.3 is 0 Å². The monoisotopic (exact) mass is 349 g/mol. The Morgan fingerprint density at radius 3 is 2.65 bits per heavy atom. The third-order valence-electron chi connectivity index (χ3n) is 4.93. The highest BCUT2D eigenvalue weighted by molar-refractivity contribution is 5.95. The first-order valence-corrected chi connectivity index (χ1v) is 8.45. The van der Waals surface area contributed by atoms with E-state index in [4.69, 9.17) is 5.26 Å². The number of carbonyl (C=O) groups excluding carboxylic acids is 1. The zero-order valence-corrected chi connectivity index (χ0v) is 14.5. The second-order valence-corrected chi connectivity index (χ2v) is 6.60. The second-order valence-electron chi connectivity index (χ2n) is 6.60. The van der Waals surface area contributed by atoms with Crippen molar-refractivity contribution in [1.29, 1.82) is 5.26 Å². The zero-order chi connectivity index (χ0) is 18.7. The minimum absolute atomic E-state index is 0.0374. The number of nitriles is 1. The van der Waals surface area contributed by atoms with Crippen LogP contribution in [-0.2, 0) is 16.8 Å². The molecule has 0 bridgehead atoms. The van der Waals surface area contributed by atoms with E-state index in [1.165, 1.54) is 4.90 Å². The summed E-state index contributed by atoms with van der Waals surface area (Å²) in [5, 5.41) is 21.1. The van der Waals surface area contributed by atoms with Gasteiger partial charge in [0, 0.05) is 29.0 Å². The first kappa shape index (κ1) is 17.6. The van der Waals surface area contributed by atoms with Gasteiger partial charge in [-0.1, -0.05) is 48.0 Å². The molecule has 0 saturated carbocycles. The van der Waals surface area contributed by atoms with Crippen LogP contribution in [0.5, 0.6) is 0 Å². The normalized spacial score (nSPS) is 19.8. The Morgan fingerprint density at radius 2 is 2.00 bits per heavy atom. The van der Waals surface area contributed by atoms with Crippen molar-refractivity contribution in [2.24, 2.45) is 0 Å². The van der Waals surface area contributed by atoms with Gasteiger partial charge < -0.3 is 4.90 Å². The number of amides is 1. The average molecular weight is 349 g/mol. The molecule has 3 rings (SSSR count). The fraction of sp³-hybridized carbons (Fsp3) is 0.300. The molecule has 0 spiro atoms. The predicted molar refractivity (Wildman–Crippen MR) is 97.2 cm³/mol. The maximum atomic E-state index is 12.6. The maximum Gasteiger partial charge on any atom is 0.265 e. The molecule has 2 aromatic carbocycles. The molecule has 0 N–H and O–H groups in total. The number of benzene rings is 2. The van der Waals surface area contributed by atoms with E-state index in [2.05, 4.69) is 6.07 Å². The summed E-state index contributed by atoms with van der Waals surface area (Å²) in [6.07, 6.45) is 0.409. The summed E-state index contributed by atoms with van der Waals surface area (Å²) in [5.41, 5.74) is 1.53. The number of carbonyl (C=O) groups is 1. The van der Waals surface area contributed by atoms with Gasteiger partial charge in [-0.05, 0) is 18.6 Å². The van der Waals surface area contributed by atoms with E-state index in [0.717, 1.165) is 5.56 Å². The van der Waals surface area contributed by atoms with Gasteiger partial charge in [-0.3, -0.25) is 14.9 Å². The number of anilines is 1. The molecule has 26 heavy (non-hydrogen) atoms. The fourth-order valence-electron chi connectivity index (χ4n) is 3.54. The lowest BCUT2D eigenvalue weighted by Crippen LogP contribution is -2.53. The minimum Gasteiger partial charge on any atom is -0.304 e. The Labute approximate surface area is 151 Å². The van der Waals surface area contributed by atoms with E-state index in [1.54, 1.807) is 30.3 Å². The van der Waals surface area contributed by atoms with Crippen LogP contribution in [-0.4, -0.2) is 17.4 Å². The number of nitrogens with zero attached hydrogens (tertiary/aromatic N) is 3. The number of hydrogen-bond donors (Lipinski definition) is 0. The molecule has 132 valence electrons. The summed E-state index contributed by atoms with van der Waals surface area (Å²) < 4.78 is 0. The summed E-state index contributed by atoms with van der Waals surface area (Å²) in [6, 6.07) is 16.4. The number of piperidine rings is 1. The third kappa shape index (κ3) is 3.04. The van der Waals surface area contributed by atoms with E-state index in [0.29, 0.717) is 16.8 Å². The Kier molecular flexibility index (Phi) is 4.72. The molecule has 1 aliphatic heterocycles. The highest BCUT2D eigenvalue weighted by Crippen LogP contribution is 2.38. The predicted octanol–water partition coefficient (Wildman–Crippen LogP) is 3.36. The van der Waals surface area contributed by atoms with Crippen LogP contribution in [0.25, 0.3) is 0 Å². The van der Waals surface area contributed by atoms with Crippen molar-refractivity contribution in [3.05, 3.63) is 75.3 Å². The van der Waals surface area contributed by atoms with Crippen molar-refractivity contribution >= 4 is 11.6 Å². The molecule has 2 aromatic rings. The first-order chi connectivity index (χ1) is 12.5. The van der Waals surface area contributed by atoms with Gasteiger partial charge in [0.05, 0.1) is 12.5 Å². The molecule has 1 unspecified atom stereocenters. The third-order valence-corrected chi connectivity index (χ3v) is 4.93. The highest BCUT2D eigenvalue weighted by atomic mass is 16.6. The molecule has 0 aromatic heterocycles. The van der Waals surface area contributed by atoms with Crippen molar-refractivity contribution in [3.63, 3.8) is 0 Å². The van der Waals surface area contributed by atoms with Crippen LogP contribution >= 0.6 is 0 Å². The molecule has 1 aliphatic rings. The summed E-state index contributed by atoms with van der Waals surface area (Å²) in [6.45, 7) is 1.87. The molecule has 1 saturated heterocycles. The molecule has 0 aliphatic carbocycles. The lowest BCUT2D eigenvalue weighted by molar-refractivity contribution is -0.578. The van der Waals surface area contributed by atoms with E-state index < -0.39 is 5.54 Å². The van der Waals surface area contributed by atoms with Crippen LogP contribution in [0, 0.1) is 28.4 Å².